The van der Waals surface area contributed by atoms with Gasteiger partial charge >= 0.3 is 0 Å². The molecule has 19 heavy (non-hydrogen) atoms. The Morgan fingerprint density at radius 1 is 1.21 bits per heavy atom. The van der Waals surface area contributed by atoms with Crippen molar-refractivity contribution in [3.8, 4) is 0 Å². The van der Waals surface area contributed by atoms with Gasteiger partial charge in [-0.15, -0.1) is 0 Å². The highest BCUT2D eigenvalue weighted by Gasteiger charge is 2.04. The second kappa shape index (κ2) is 6.48. The molecule has 0 saturated heterocycles. The number of aromatic nitrogens is 1. The molecule has 1 aromatic heterocycles. The number of hydrogen-bond donors (Lipinski definition) is 1. The van der Waals surface area contributed by atoms with E-state index in [1.807, 2.05) is 12.1 Å². The predicted octanol–water partition coefficient (Wildman–Crippen LogP) is 3.88. The van der Waals surface area contributed by atoms with Crippen LogP contribution in [0.3, 0.4) is 0 Å². The Morgan fingerprint density at radius 3 is 2.74 bits per heavy atom. The van der Waals surface area contributed by atoms with Crippen LogP contribution in [0.2, 0.25) is 0 Å². The van der Waals surface area contributed by atoms with Crippen molar-refractivity contribution in [3.63, 3.8) is 0 Å². The molecule has 2 nitrogen and oxygen atoms in total. The molecule has 1 N–H and O–H groups in total. The lowest BCUT2D eigenvalue weighted by molar-refractivity contribution is 0.682. The van der Waals surface area contributed by atoms with Crippen LogP contribution in [0.25, 0.3) is 17.0 Å². The van der Waals surface area contributed by atoms with Crippen molar-refractivity contribution in [1.82, 2.24) is 10.3 Å². The fourth-order valence-electron chi connectivity index (χ4n) is 2.04. The zero-order valence-electron chi connectivity index (χ0n) is 12.0. The van der Waals surface area contributed by atoms with Crippen LogP contribution in [0.15, 0.2) is 42.0 Å². The van der Waals surface area contributed by atoms with Crippen LogP contribution >= 0.6 is 0 Å². The molecule has 0 aliphatic rings. The van der Waals surface area contributed by atoms with Crippen molar-refractivity contribution in [2.45, 2.75) is 20.8 Å². The third-order valence-corrected chi connectivity index (χ3v) is 3.27. The molecule has 0 bridgehead atoms. The lowest BCUT2D eigenvalue weighted by Gasteiger charge is -2.12. The van der Waals surface area contributed by atoms with Crippen molar-refractivity contribution in [2.24, 2.45) is 5.92 Å². The van der Waals surface area contributed by atoms with E-state index >= 15 is 0 Å². The maximum absolute atomic E-state index is 4.70. The quantitative estimate of drug-likeness (QED) is 0.875. The van der Waals surface area contributed by atoms with Gasteiger partial charge in [0.15, 0.2) is 0 Å². The molecule has 2 aromatic rings. The van der Waals surface area contributed by atoms with E-state index in [1.54, 1.807) is 0 Å². The summed E-state index contributed by atoms with van der Waals surface area (Å²) < 4.78 is 0. The van der Waals surface area contributed by atoms with Gasteiger partial charge < -0.3 is 5.32 Å². The number of fused-ring (bicyclic) bond motifs is 1. The summed E-state index contributed by atoms with van der Waals surface area (Å²) >= 11 is 0. The molecule has 0 saturated carbocycles. The molecule has 0 amide bonds. The molecule has 0 spiro atoms. The first-order valence-corrected chi connectivity index (χ1v) is 6.97. The molecule has 0 radical (unpaired) electrons. The van der Waals surface area contributed by atoms with Gasteiger partial charge in [-0.25, -0.2) is 4.98 Å². The van der Waals surface area contributed by atoms with Crippen LogP contribution in [-0.2, 0) is 0 Å². The van der Waals surface area contributed by atoms with E-state index in [2.05, 4.69) is 56.4 Å². The lowest BCUT2D eigenvalue weighted by atomic mass is 10.0. The summed E-state index contributed by atoms with van der Waals surface area (Å²) in [5, 5.41) is 4.58. The minimum absolute atomic E-state index is 0.535. The van der Waals surface area contributed by atoms with E-state index in [1.165, 1.54) is 11.0 Å². The molecule has 0 atom stereocenters. The third kappa shape index (κ3) is 3.65. The number of hydrogen-bond acceptors (Lipinski definition) is 2. The van der Waals surface area contributed by atoms with Gasteiger partial charge in [0.1, 0.15) is 0 Å². The monoisotopic (exact) mass is 254 g/mol. The van der Waals surface area contributed by atoms with E-state index in [0.717, 1.165) is 24.3 Å². The molecule has 0 aliphatic heterocycles. The second-order valence-corrected chi connectivity index (χ2v) is 5.08. The first-order chi connectivity index (χ1) is 9.20. The Balaban J connectivity index is 2.31. The van der Waals surface area contributed by atoms with Gasteiger partial charge in [0.05, 0.1) is 11.2 Å². The fraction of sp³-hybridized carbons (Fsp3) is 0.353. The standard InChI is InChI=1S/C17H22N2/c1-4-18-12-15(13(2)3)11-16-10-9-14-7-5-6-8-17(14)19-16/h5-11,13,18H,4,12H2,1-3H3. The fourth-order valence-corrected chi connectivity index (χ4v) is 2.04. The van der Waals surface area contributed by atoms with Gasteiger partial charge in [0, 0.05) is 11.9 Å². The third-order valence-electron chi connectivity index (χ3n) is 3.27. The number of rotatable bonds is 5. The largest absolute Gasteiger partial charge is 0.313 e. The number of nitrogens with one attached hydrogen (secondary N) is 1. The molecule has 1 heterocycles. The van der Waals surface area contributed by atoms with Gasteiger partial charge in [-0.1, -0.05) is 50.6 Å². The molecular formula is C17H22N2. The van der Waals surface area contributed by atoms with Gasteiger partial charge in [-0.05, 0) is 30.7 Å². The van der Waals surface area contributed by atoms with Gasteiger partial charge in [-0.2, -0.15) is 0 Å². The summed E-state index contributed by atoms with van der Waals surface area (Å²) in [7, 11) is 0. The van der Waals surface area contributed by atoms with Crippen LogP contribution in [0.5, 0.6) is 0 Å². The topological polar surface area (TPSA) is 24.9 Å². The molecule has 0 fully saturated rings. The summed E-state index contributed by atoms with van der Waals surface area (Å²) in [5.74, 6) is 0.535. The average molecular weight is 254 g/mol. The molecule has 2 heteroatoms. The molecule has 1 aromatic carbocycles. The normalized spacial score (nSPS) is 12.3. The molecular weight excluding hydrogens is 232 g/mol. The van der Waals surface area contributed by atoms with E-state index < -0.39 is 0 Å². The SMILES string of the molecule is CCNCC(=Cc1ccc2ccccc2n1)C(C)C. The van der Waals surface area contributed by atoms with Crippen LogP contribution in [0.1, 0.15) is 26.5 Å². The van der Waals surface area contributed by atoms with E-state index in [9.17, 15) is 0 Å². The van der Waals surface area contributed by atoms with Gasteiger partial charge in [-0.3, -0.25) is 0 Å². The summed E-state index contributed by atoms with van der Waals surface area (Å²) in [5.41, 5.74) is 3.49. The van der Waals surface area contributed by atoms with Crippen LogP contribution in [0.4, 0.5) is 0 Å². The molecule has 2 rings (SSSR count). The summed E-state index contributed by atoms with van der Waals surface area (Å²) in [4.78, 5) is 4.70. The highest BCUT2D eigenvalue weighted by molar-refractivity contribution is 5.79. The van der Waals surface area contributed by atoms with Crippen LogP contribution in [0, 0.1) is 5.92 Å². The minimum atomic E-state index is 0.535. The molecule has 0 unspecified atom stereocenters. The average Bonchev–Trinajstić information content (AvgIpc) is 2.43. The van der Waals surface area contributed by atoms with E-state index in [0.29, 0.717) is 5.92 Å². The highest BCUT2D eigenvalue weighted by Crippen LogP contribution is 2.16. The Kier molecular flexibility index (Phi) is 4.69. The molecule has 0 aliphatic carbocycles. The van der Waals surface area contributed by atoms with Crippen molar-refractivity contribution in [1.29, 1.82) is 0 Å². The number of benzene rings is 1. The second-order valence-electron chi connectivity index (χ2n) is 5.08. The van der Waals surface area contributed by atoms with E-state index in [-0.39, 0.29) is 0 Å². The highest BCUT2D eigenvalue weighted by atomic mass is 14.8. The summed E-state index contributed by atoms with van der Waals surface area (Å²) in [6, 6.07) is 12.5. The Morgan fingerprint density at radius 2 is 2.00 bits per heavy atom. The Hall–Kier alpha value is -1.67. The summed E-state index contributed by atoms with van der Waals surface area (Å²) in [6.07, 6.45) is 2.21. The maximum atomic E-state index is 4.70. The first-order valence-electron chi connectivity index (χ1n) is 6.97. The smallest absolute Gasteiger partial charge is 0.0709 e. The van der Waals surface area contributed by atoms with Crippen molar-refractivity contribution in [2.75, 3.05) is 13.1 Å². The zero-order valence-corrected chi connectivity index (χ0v) is 12.0. The number of para-hydroxylation sites is 1. The maximum Gasteiger partial charge on any atom is 0.0709 e. The van der Waals surface area contributed by atoms with Crippen LogP contribution in [-0.4, -0.2) is 18.1 Å². The summed E-state index contributed by atoms with van der Waals surface area (Å²) in [6.45, 7) is 8.51. The molecule has 100 valence electrons. The minimum Gasteiger partial charge on any atom is -0.313 e. The lowest BCUT2D eigenvalue weighted by Crippen LogP contribution is -2.18. The van der Waals surface area contributed by atoms with E-state index in [4.69, 9.17) is 4.98 Å². The predicted molar refractivity (Wildman–Crippen MR) is 83.1 cm³/mol. The Bertz CT molecular complexity index is 570. The number of nitrogens with zero attached hydrogens (tertiary/aromatic N) is 1. The number of likely N-dealkylation sites (N-methyl/N-ethyl adjacent to an activating group) is 1. The number of pyridine rings is 1. The van der Waals surface area contributed by atoms with Crippen molar-refractivity contribution < 1.29 is 0 Å². The van der Waals surface area contributed by atoms with Crippen LogP contribution < -0.4 is 5.32 Å². The zero-order chi connectivity index (χ0) is 13.7. The van der Waals surface area contributed by atoms with Crippen molar-refractivity contribution in [3.05, 3.63) is 47.7 Å². The Labute approximate surface area is 115 Å². The van der Waals surface area contributed by atoms with Crippen molar-refractivity contribution >= 4 is 17.0 Å². The van der Waals surface area contributed by atoms with Gasteiger partial charge in [0.2, 0.25) is 0 Å². The van der Waals surface area contributed by atoms with Gasteiger partial charge in [0.25, 0.3) is 0 Å². The first kappa shape index (κ1) is 13.8.